The summed E-state index contributed by atoms with van der Waals surface area (Å²) in [6, 6.07) is 0. The number of imide groups is 1. The van der Waals surface area contributed by atoms with Crippen molar-refractivity contribution in [2.45, 2.75) is 38.1 Å². The minimum atomic E-state index is -0.543. The fourth-order valence-electron chi connectivity index (χ4n) is 2.32. The maximum atomic E-state index is 11.7. The molecule has 0 radical (unpaired) electrons. The molecule has 1 aliphatic carbocycles. The number of amides is 2. The van der Waals surface area contributed by atoms with Crippen LogP contribution in [-0.2, 0) is 9.59 Å². The van der Waals surface area contributed by atoms with Crippen LogP contribution in [0.4, 0.5) is 0 Å². The highest BCUT2D eigenvalue weighted by molar-refractivity contribution is 6.04. The van der Waals surface area contributed by atoms with Crippen LogP contribution in [0.5, 0.6) is 0 Å². The van der Waals surface area contributed by atoms with Gasteiger partial charge in [0.1, 0.15) is 0 Å². The molecule has 2 fully saturated rings. The fraction of sp³-hybridized carbons (Fsp3) is 0.800. The molecule has 1 aliphatic heterocycles. The molecule has 1 atom stereocenters. The van der Waals surface area contributed by atoms with Crippen LogP contribution in [0.15, 0.2) is 0 Å². The summed E-state index contributed by atoms with van der Waals surface area (Å²) in [6.07, 6.45) is 2.81. The highest BCUT2D eigenvalue weighted by Crippen LogP contribution is 2.41. The van der Waals surface area contributed by atoms with Crippen LogP contribution in [0.3, 0.4) is 0 Å². The smallest absolute Gasteiger partial charge is 0.233 e. The quantitative estimate of drug-likeness (QED) is 0.647. The summed E-state index contributed by atoms with van der Waals surface area (Å²) in [7, 11) is 0. The van der Waals surface area contributed by atoms with Crippen molar-refractivity contribution in [3.05, 3.63) is 0 Å². The van der Waals surface area contributed by atoms with E-state index in [0.29, 0.717) is 6.42 Å². The lowest BCUT2D eigenvalue weighted by molar-refractivity contribution is -0.153. The number of carbonyl (C=O) groups is 2. The third-order valence-corrected chi connectivity index (χ3v) is 3.43. The molecule has 78 valence electrons. The minimum Gasteiger partial charge on any atom is -0.394 e. The van der Waals surface area contributed by atoms with Crippen molar-refractivity contribution in [2.24, 2.45) is 5.92 Å². The van der Waals surface area contributed by atoms with Crippen LogP contribution in [0.1, 0.15) is 32.6 Å². The lowest BCUT2D eigenvalue weighted by Crippen LogP contribution is -2.58. The van der Waals surface area contributed by atoms with Crippen molar-refractivity contribution in [1.82, 2.24) is 4.90 Å². The molecule has 1 N–H and O–H groups in total. The first kappa shape index (κ1) is 9.65. The Kier molecular flexibility index (Phi) is 2.10. The molecular weight excluding hydrogens is 182 g/mol. The van der Waals surface area contributed by atoms with Gasteiger partial charge in [-0.05, 0) is 19.3 Å². The molecule has 1 heterocycles. The molecule has 1 unspecified atom stereocenters. The van der Waals surface area contributed by atoms with Crippen molar-refractivity contribution in [1.29, 1.82) is 0 Å². The zero-order valence-electron chi connectivity index (χ0n) is 8.32. The second kappa shape index (κ2) is 3.05. The topological polar surface area (TPSA) is 57.6 Å². The normalized spacial score (nSPS) is 30.7. The molecule has 1 saturated carbocycles. The SMILES string of the molecule is CC1CC(=O)N(C2(CO)CCC2)C1=O. The third kappa shape index (κ3) is 1.10. The summed E-state index contributed by atoms with van der Waals surface area (Å²) in [4.78, 5) is 24.6. The Hall–Kier alpha value is -0.900. The number of hydrogen-bond acceptors (Lipinski definition) is 3. The first-order valence-electron chi connectivity index (χ1n) is 5.08. The van der Waals surface area contributed by atoms with Crippen molar-refractivity contribution < 1.29 is 14.7 Å². The number of likely N-dealkylation sites (tertiary alicyclic amines) is 1. The Bertz CT molecular complexity index is 278. The highest BCUT2D eigenvalue weighted by Gasteiger charge is 2.51. The molecule has 0 aromatic heterocycles. The molecule has 0 aromatic carbocycles. The van der Waals surface area contributed by atoms with Crippen LogP contribution in [0.2, 0.25) is 0 Å². The Balaban J connectivity index is 2.24. The van der Waals surface area contributed by atoms with Gasteiger partial charge in [0.05, 0.1) is 12.1 Å². The predicted molar refractivity (Wildman–Crippen MR) is 49.3 cm³/mol. The van der Waals surface area contributed by atoms with Gasteiger partial charge in [-0.2, -0.15) is 0 Å². The molecule has 4 nitrogen and oxygen atoms in total. The Morgan fingerprint density at radius 3 is 2.43 bits per heavy atom. The molecule has 0 aromatic rings. The summed E-state index contributed by atoms with van der Waals surface area (Å²) in [6.45, 7) is 1.68. The predicted octanol–water partition coefficient (Wildman–Crippen LogP) is 0.296. The number of aliphatic hydroxyl groups is 1. The van der Waals surface area contributed by atoms with Gasteiger partial charge in [-0.1, -0.05) is 6.92 Å². The van der Waals surface area contributed by atoms with E-state index in [-0.39, 0.29) is 24.3 Å². The Morgan fingerprint density at radius 2 is 2.14 bits per heavy atom. The van der Waals surface area contributed by atoms with Gasteiger partial charge < -0.3 is 5.11 Å². The molecule has 0 bridgehead atoms. The van der Waals surface area contributed by atoms with E-state index >= 15 is 0 Å². The van der Waals surface area contributed by atoms with Gasteiger partial charge in [-0.15, -0.1) is 0 Å². The van der Waals surface area contributed by atoms with Crippen LogP contribution >= 0.6 is 0 Å². The molecule has 2 aliphatic rings. The molecule has 0 spiro atoms. The summed E-state index contributed by atoms with van der Waals surface area (Å²) in [5.41, 5.74) is -0.543. The van der Waals surface area contributed by atoms with Gasteiger partial charge >= 0.3 is 0 Å². The summed E-state index contributed by atoms with van der Waals surface area (Å²) < 4.78 is 0. The lowest BCUT2D eigenvalue weighted by Gasteiger charge is -2.46. The standard InChI is InChI=1S/C10H15NO3/c1-7-5-8(13)11(9(7)14)10(6-12)3-2-4-10/h7,12H,2-6H2,1H3. The number of rotatable bonds is 2. The van der Waals surface area contributed by atoms with Gasteiger partial charge in [0.15, 0.2) is 0 Å². The van der Waals surface area contributed by atoms with Crippen molar-refractivity contribution in [2.75, 3.05) is 6.61 Å². The first-order valence-corrected chi connectivity index (χ1v) is 5.08. The number of aliphatic hydroxyl groups excluding tert-OH is 1. The molecule has 1 saturated heterocycles. The second-order valence-electron chi connectivity index (χ2n) is 4.41. The van der Waals surface area contributed by atoms with Crippen molar-refractivity contribution >= 4 is 11.8 Å². The van der Waals surface area contributed by atoms with E-state index in [4.69, 9.17) is 0 Å². The zero-order chi connectivity index (χ0) is 10.3. The summed E-state index contributed by atoms with van der Waals surface area (Å²) in [5.74, 6) is -0.425. The maximum absolute atomic E-state index is 11.7. The average molecular weight is 197 g/mol. The van der Waals surface area contributed by atoms with Crippen molar-refractivity contribution in [3.63, 3.8) is 0 Å². The van der Waals surface area contributed by atoms with E-state index in [9.17, 15) is 14.7 Å². The maximum Gasteiger partial charge on any atom is 0.233 e. The van der Waals surface area contributed by atoms with E-state index in [1.54, 1.807) is 6.92 Å². The highest BCUT2D eigenvalue weighted by atomic mass is 16.3. The van der Waals surface area contributed by atoms with Gasteiger partial charge in [-0.3, -0.25) is 14.5 Å². The monoisotopic (exact) mass is 197 g/mol. The summed E-state index contributed by atoms with van der Waals surface area (Å²) in [5, 5.41) is 9.27. The van der Waals surface area contributed by atoms with Crippen LogP contribution in [-0.4, -0.2) is 34.0 Å². The molecular formula is C10H15NO3. The average Bonchev–Trinajstić information content (AvgIpc) is 2.31. The molecule has 2 amide bonds. The zero-order valence-corrected chi connectivity index (χ0v) is 8.32. The van der Waals surface area contributed by atoms with E-state index < -0.39 is 5.54 Å². The number of nitrogens with zero attached hydrogens (tertiary/aromatic N) is 1. The van der Waals surface area contributed by atoms with Crippen molar-refractivity contribution in [3.8, 4) is 0 Å². The van der Waals surface area contributed by atoms with Crippen LogP contribution in [0.25, 0.3) is 0 Å². The number of carbonyl (C=O) groups excluding carboxylic acids is 2. The molecule has 14 heavy (non-hydrogen) atoms. The van der Waals surface area contributed by atoms with E-state index in [0.717, 1.165) is 19.3 Å². The van der Waals surface area contributed by atoms with E-state index in [1.165, 1.54) is 4.90 Å². The largest absolute Gasteiger partial charge is 0.394 e. The van der Waals surface area contributed by atoms with E-state index in [1.807, 2.05) is 0 Å². The van der Waals surface area contributed by atoms with Gasteiger partial charge in [0, 0.05) is 12.3 Å². The van der Waals surface area contributed by atoms with Gasteiger partial charge in [0.2, 0.25) is 11.8 Å². The second-order valence-corrected chi connectivity index (χ2v) is 4.41. The Labute approximate surface area is 82.9 Å². The van der Waals surface area contributed by atoms with Crippen LogP contribution in [0, 0.1) is 5.92 Å². The third-order valence-electron chi connectivity index (χ3n) is 3.43. The summed E-state index contributed by atoms with van der Waals surface area (Å²) >= 11 is 0. The van der Waals surface area contributed by atoms with Crippen LogP contribution < -0.4 is 0 Å². The van der Waals surface area contributed by atoms with Gasteiger partial charge in [-0.25, -0.2) is 0 Å². The Morgan fingerprint density at radius 1 is 1.50 bits per heavy atom. The van der Waals surface area contributed by atoms with Gasteiger partial charge in [0.25, 0.3) is 0 Å². The fourth-order valence-corrected chi connectivity index (χ4v) is 2.32. The molecule has 2 rings (SSSR count). The minimum absolute atomic E-state index is 0.0861. The first-order chi connectivity index (χ1) is 6.60. The van der Waals surface area contributed by atoms with E-state index in [2.05, 4.69) is 0 Å². The number of hydrogen-bond donors (Lipinski definition) is 1. The molecule has 4 heteroatoms. The lowest BCUT2D eigenvalue weighted by atomic mass is 9.76.